The minimum Gasteiger partial charge on any atom is -0.491 e. The Balaban J connectivity index is 2.31. The maximum Gasteiger partial charge on any atom is 0.170 e. The maximum absolute atomic E-state index is 5.61. The van der Waals surface area contributed by atoms with E-state index in [1.807, 2.05) is 49.9 Å². The van der Waals surface area contributed by atoms with Crippen LogP contribution < -0.4 is 15.4 Å². The number of anilines is 1. The molecular weight excluding hydrogens is 300 g/mol. The molecule has 1 aromatic carbocycles. The molecule has 0 fully saturated rings. The van der Waals surface area contributed by atoms with Gasteiger partial charge >= 0.3 is 0 Å². The summed E-state index contributed by atoms with van der Waals surface area (Å²) in [5.74, 6) is 1.91. The van der Waals surface area contributed by atoms with Crippen LogP contribution in [0.2, 0.25) is 0 Å². The van der Waals surface area contributed by atoms with Crippen LogP contribution >= 0.6 is 24.0 Å². The van der Waals surface area contributed by atoms with Crippen LogP contribution in [-0.4, -0.2) is 28.3 Å². The number of rotatable bonds is 6. The molecule has 3 nitrogen and oxygen atoms in total. The lowest BCUT2D eigenvalue weighted by Gasteiger charge is -2.18. The van der Waals surface area contributed by atoms with Crippen molar-refractivity contribution in [2.24, 2.45) is 0 Å². The third kappa shape index (κ3) is 8.83. The van der Waals surface area contributed by atoms with Crippen LogP contribution in [0.1, 0.15) is 34.6 Å². The number of thiocarbonyl (C=S) groups is 1. The Labute approximate surface area is 138 Å². The number of hydrogen-bond donors (Lipinski definition) is 2. The monoisotopic (exact) mass is 326 g/mol. The van der Waals surface area contributed by atoms with Crippen molar-refractivity contribution in [2.45, 2.75) is 45.5 Å². The smallest absolute Gasteiger partial charge is 0.170 e. The number of ether oxygens (including phenoxy) is 1. The van der Waals surface area contributed by atoms with Gasteiger partial charge in [0.05, 0.1) is 6.10 Å². The van der Waals surface area contributed by atoms with E-state index in [0.29, 0.717) is 9.86 Å². The second-order valence-electron chi connectivity index (χ2n) is 6.03. The van der Waals surface area contributed by atoms with Crippen molar-refractivity contribution < 1.29 is 4.74 Å². The fraction of sp³-hybridized carbons (Fsp3) is 0.562. The van der Waals surface area contributed by atoms with Crippen LogP contribution in [0.3, 0.4) is 0 Å². The molecule has 0 bridgehead atoms. The van der Waals surface area contributed by atoms with Gasteiger partial charge in [0.1, 0.15) is 5.75 Å². The van der Waals surface area contributed by atoms with Gasteiger partial charge in [-0.3, -0.25) is 0 Å². The van der Waals surface area contributed by atoms with E-state index in [2.05, 4.69) is 31.4 Å². The van der Waals surface area contributed by atoms with Gasteiger partial charge in [-0.2, -0.15) is 11.8 Å². The van der Waals surface area contributed by atoms with Gasteiger partial charge < -0.3 is 15.4 Å². The quantitative estimate of drug-likeness (QED) is 0.602. The summed E-state index contributed by atoms with van der Waals surface area (Å²) in [6, 6.07) is 7.83. The summed E-state index contributed by atoms with van der Waals surface area (Å²) in [6.45, 7) is 11.5. The molecule has 0 saturated carbocycles. The Bertz CT molecular complexity index is 439. The summed E-state index contributed by atoms with van der Waals surface area (Å²) >= 11 is 7.21. The lowest BCUT2D eigenvalue weighted by molar-refractivity contribution is 0.242. The Morgan fingerprint density at radius 2 is 1.86 bits per heavy atom. The largest absolute Gasteiger partial charge is 0.491 e. The highest BCUT2D eigenvalue weighted by Crippen LogP contribution is 2.22. The summed E-state index contributed by atoms with van der Waals surface area (Å²) in [5, 5.41) is 7.05. The standard InChI is InChI=1S/C16H26N2OS2/c1-12(2)19-14-8-6-13(7-9-14)18-15(20)17-10-11-21-16(3,4)5/h6-9,12H,10-11H2,1-5H3,(H2,17,18,20). The van der Waals surface area contributed by atoms with E-state index >= 15 is 0 Å². The molecular formula is C16H26N2OS2. The molecule has 21 heavy (non-hydrogen) atoms. The third-order valence-electron chi connectivity index (χ3n) is 2.41. The van der Waals surface area contributed by atoms with Crippen molar-refractivity contribution in [3.8, 4) is 5.75 Å². The predicted octanol–water partition coefficient (Wildman–Crippen LogP) is 4.29. The molecule has 0 aliphatic rings. The molecule has 0 aromatic heterocycles. The van der Waals surface area contributed by atoms with Gasteiger partial charge in [-0.15, -0.1) is 0 Å². The molecule has 0 aliphatic heterocycles. The fourth-order valence-corrected chi connectivity index (χ4v) is 2.62. The van der Waals surface area contributed by atoms with Gasteiger partial charge in [-0.25, -0.2) is 0 Å². The Morgan fingerprint density at radius 1 is 1.24 bits per heavy atom. The minimum atomic E-state index is 0.187. The predicted molar refractivity (Wildman–Crippen MR) is 98.6 cm³/mol. The van der Waals surface area contributed by atoms with Crippen LogP contribution in [0.25, 0.3) is 0 Å². The summed E-state index contributed by atoms with van der Waals surface area (Å²) in [4.78, 5) is 0. The SMILES string of the molecule is CC(C)Oc1ccc(NC(=S)NCCSC(C)(C)C)cc1. The number of nitrogens with one attached hydrogen (secondary N) is 2. The highest BCUT2D eigenvalue weighted by Gasteiger charge is 2.09. The lowest BCUT2D eigenvalue weighted by Crippen LogP contribution is -2.30. The first kappa shape index (κ1) is 18.1. The Kier molecular flexibility index (Phi) is 7.32. The summed E-state index contributed by atoms with van der Waals surface area (Å²) in [5.41, 5.74) is 0.965. The van der Waals surface area contributed by atoms with Crippen molar-refractivity contribution >= 4 is 34.8 Å². The number of benzene rings is 1. The molecule has 1 rings (SSSR count). The van der Waals surface area contributed by atoms with Crippen molar-refractivity contribution in [1.82, 2.24) is 5.32 Å². The second-order valence-corrected chi connectivity index (χ2v) is 8.36. The van der Waals surface area contributed by atoms with Gasteiger partial charge in [-0.05, 0) is 50.3 Å². The van der Waals surface area contributed by atoms with Crippen molar-refractivity contribution in [3.63, 3.8) is 0 Å². The zero-order chi connectivity index (χ0) is 15.9. The molecule has 0 amide bonds. The normalized spacial score (nSPS) is 11.3. The number of thioether (sulfide) groups is 1. The molecule has 0 spiro atoms. The molecule has 118 valence electrons. The van der Waals surface area contributed by atoms with E-state index in [0.717, 1.165) is 23.7 Å². The molecule has 0 radical (unpaired) electrons. The first-order valence-electron chi connectivity index (χ1n) is 7.22. The minimum absolute atomic E-state index is 0.187. The van der Waals surface area contributed by atoms with Gasteiger partial charge in [0.15, 0.2) is 5.11 Å². The lowest BCUT2D eigenvalue weighted by atomic mass is 10.3. The first-order valence-corrected chi connectivity index (χ1v) is 8.61. The zero-order valence-electron chi connectivity index (χ0n) is 13.5. The van der Waals surface area contributed by atoms with E-state index in [9.17, 15) is 0 Å². The van der Waals surface area contributed by atoms with E-state index in [-0.39, 0.29) is 6.10 Å². The van der Waals surface area contributed by atoms with Crippen LogP contribution in [0.4, 0.5) is 5.69 Å². The van der Waals surface area contributed by atoms with Crippen molar-refractivity contribution in [3.05, 3.63) is 24.3 Å². The van der Waals surface area contributed by atoms with Gasteiger partial charge in [0, 0.05) is 22.7 Å². The topological polar surface area (TPSA) is 33.3 Å². The molecule has 0 aliphatic carbocycles. The van der Waals surface area contributed by atoms with Crippen LogP contribution in [0.15, 0.2) is 24.3 Å². The van der Waals surface area contributed by atoms with Gasteiger partial charge in [-0.1, -0.05) is 20.8 Å². The summed E-state index contributed by atoms with van der Waals surface area (Å²) < 4.78 is 5.90. The third-order valence-corrected chi connectivity index (χ3v) is 3.93. The van der Waals surface area contributed by atoms with Crippen molar-refractivity contribution in [2.75, 3.05) is 17.6 Å². The van der Waals surface area contributed by atoms with E-state index in [4.69, 9.17) is 17.0 Å². The molecule has 2 N–H and O–H groups in total. The van der Waals surface area contributed by atoms with Crippen LogP contribution in [-0.2, 0) is 0 Å². The van der Waals surface area contributed by atoms with E-state index in [1.165, 1.54) is 0 Å². The second kappa shape index (κ2) is 8.49. The van der Waals surface area contributed by atoms with E-state index in [1.54, 1.807) is 0 Å². The Hall–Kier alpha value is -0.940. The van der Waals surface area contributed by atoms with Crippen molar-refractivity contribution in [1.29, 1.82) is 0 Å². The highest BCUT2D eigenvalue weighted by molar-refractivity contribution is 8.00. The maximum atomic E-state index is 5.61. The highest BCUT2D eigenvalue weighted by atomic mass is 32.2. The number of hydrogen-bond acceptors (Lipinski definition) is 3. The molecule has 5 heteroatoms. The average Bonchev–Trinajstić information content (AvgIpc) is 2.35. The summed E-state index contributed by atoms with van der Waals surface area (Å²) in [7, 11) is 0. The van der Waals surface area contributed by atoms with Gasteiger partial charge in [0.25, 0.3) is 0 Å². The van der Waals surface area contributed by atoms with Crippen LogP contribution in [0, 0.1) is 0 Å². The Morgan fingerprint density at radius 3 is 2.38 bits per heavy atom. The molecule has 0 heterocycles. The van der Waals surface area contributed by atoms with E-state index < -0.39 is 0 Å². The first-order chi connectivity index (χ1) is 9.76. The molecule has 0 saturated heterocycles. The summed E-state index contributed by atoms with van der Waals surface area (Å²) in [6.07, 6.45) is 0.187. The molecule has 1 aromatic rings. The van der Waals surface area contributed by atoms with Gasteiger partial charge in [0.2, 0.25) is 0 Å². The fourth-order valence-electron chi connectivity index (χ4n) is 1.59. The average molecular weight is 327 g/mol. The van der Waals surface area contributed by atoms with Crippen LogP contribution in [0.5, 0.6) is 5.75 Å². The zero-order valence-corrected chi connectivity index (χ0v) is 15.2. The molecule has 0 atom stereocenters. The molecule has 0 unspecified atom stereocenters.